The van der Waals surface area contributed by atoms with Crippen LogP contribution in [0.25, 0.3) is 22.2 Å². The number of aromatic nitrogens is 3. The number of pyridine rings is 1. The maximum atomic E-state index is 15.7. The highest BCUT2D eigenvalue weighted by Crippen LogP contribution is 2.42. The summed E-state index contributed by atoms with van der Waals surface area (Å²) in [6.45, 7) is 5.25. The van der Waals surface area contributed by atoms with E-state index < -0.39 is 38.1 Å². The molecule has 0 unspecified atom stereocenters. The summed E-state index contributed by atoms with van der Waals surface area (Å²) in [5.74, 6) is -3.01. The molecule has 2 aromatic heterocycles. The number of hydrogen-bond donors (Lipinski definition) is 3. The molecule has 2 heterocycles. The fourth-order valence-corrected chi connectivity index (χ4v) is 7.00. The average molecular weight is 642 g/mol. The number of sulfonamides is 1. The lowest BCUT2D eigenvalue weighted by molar-refractivity contribution is 0.191. The van der Waals surface area contributed by atoms with Crippen LogP contribution in [-0.2, 0) is 14.8 Å². The Morgan fingerprint density at radius 3 is 2.51 bits per heavy atom. The van der Waals surface area contributed by atoms with Gasteiger partial charge in [0.25, 0.3) is 10.0 Å². The second-order valence-electron chi connectivity index (χ2n) is 11.4. The van der Waals surface area contributed by atoms with Gasteiger partial charge in [0.15, 0.2) is 0 Å². The van der Waals surface area contributed by atoms with Gasteiger partial charge in [-0.2, -0.15) is 10.4 Å². The van der Waals surface area contributed by atoms with Crippen molar-refractivity contribution in [1.29, 1.82) is 5.26 Å². The molecule has 14 heteroatoms. The van der Waals surface area contributed by atoms with Gasteiger partial charge >= 0.3 is 0 Å². The lowest BCUT2D eigenvalue weighted by Gasteiger charge is -2.30. The second-order valence-corrected chi connectivity index (χ2v) is 13.0. The molecule has 10 nitrogen and oxygen atoms in total. The second kappa shape index (κ2) is 13.0. The lowest BCUT2D eigenvalue weighted by atomic mass is 9.81. The van der Waals surface area contributed by atoms with Gasteiger partial charge in [-0.15, -0.1) is 0 Å². The van der Waals surface area contributed by atoms with Crippen molar-refractivity contribution in [2.75, 3.05) is 30.7 Å². The highest BCUT2D eigenvalue weighted by atomic mass is 32.2. The third-order valence-corrected chi connectivity index (χ3v) is 9.46. The summed E-state index contributed by atoms with van der Waals surface area (Å²) < 4.78 is 80.1. The predicted molar refractivity (Wildman–Crippen MR) is 164 cm³/mol. The number of rotatable bonds is 10. The first kappa shape index (κ1) is 32.2. The molecular formula is C31H34F3N7O3S. The van der Waals surface area contributed by atoms with Gasteiger partial charge in [0.05, 0.1) is 34.8 Å². The Bertz CT molecular complexity index is 1880. The number of nitrogens with two attached hydrogens (primary N) is 1. The summed E-state index contributed by atoms with van der Waals surface area (Å²) >= 11 is 0. The van der Waals surface area contributed by atoms with Crippen LogP contribution in [-0.4, -0.2) is 49.5 Å². The van der Waals surface area contributed by atoms with E-state index >= 15 is 8.78 Å². The van der Waals surface area contributed by atoms with Crippen molar-refractivity contribution in [3.63, 3.8) is 0 Å². The molecule has 45 heavy (non-hydrogen) atoms. The first-order chi connectivity index (χ1) is 21.4. The molecule has 0 atom stereocenters. The summed E-state index contributed by atoms with van der Waals surface area (Å²) in [4.78, 5) is 3.54. The minimum absolute atomic E-state index is 0.0686. The Hall–Kier alpha value is -4.19. The number of fused-ring (bicyclic) bond motifs is 1. The van der Waals surface area contributed by atoms with Crippen LogP contribution in [0.1, 0.15) is 62.6 Å². The summed E-state index contributed by atoms with van der Waals surface area (Å²) in [7, 11) is -3.05. The molecule has 0 amide bonds. The minimum Gasteiger partial charge on any atom is -0.383 e. The molecule has 0 spiro atoms. The van der Waals surface area contributed by atoms with Crippen LogP contribution in [0.2, 0.25) is 0 Å². The Balaban J connectivity index is 1.52. The zero-order chi connectivity index (χ0) is 32.5. The van der Waals surface area contributed by atoms with E-state index in [9.17, 15) is 12.8 Å². The van der Waals surface area contributed by atoms with Crippen LogP contribution >= 0.6 is 0 Å². The maximum Gasteiger partial charge on any atom is 0.264 e. The van der Waals surface area contributed by atoms with E-state index in [1.165, 1.54) is 0 Å². The van der Waals surface area contributed by atoms with Gasteiger partial charge in [0.2, 0.25) is 0 Å². The van der Waals surface area contributed by atoms with Gasteiger partial charge in [-0.1, -0.05) is 0 Å². The van der Waals surface area contributed by atoms with Crippen molar-refractivity contribution in [2.45, 2.75) is 62.4 Å². The molecule has 5 rings (SSSR count). The standard InChI is InChI=1S/C31H34F3N7O3S/c1-17(2)41-30-22(19-5-7-20(8-6-19)37-10-11-44-3)16-38-31(36)28(30)29(39-41)21-13-25(34)26(14-24(21)33)40-45(42,43)27-12-18(15-35)4-9-23(27)32/h4,9,12-14,16-17,19-20,37,40H,5-8,10-11H2,1-3H3,(H2,36,38). The molecule has 1 saturated carbocycles. The molecule has 2 aromatic carbocycles. The predicted octanol–water partition coefficient (Wildman–Crippen LogP) is 5.61. The molecule has 0 bridgehead atoms. The van der Waals surface area contributed by atoms with Gasteiger partial charge in [0, 0.05) is 43.6 Å². The largest absolute Gasteiger partial charge is 0.383 e. The number of nitrogens with zero attached hydrogens (tertiary/aromatic N) is 4. The van der Waals surface area contributed by atoms with Crippen molar-refractivity contribution < 1.29 is 26.3 Å². The first-order valence-electron chi connectivity index (χ1n) is 14.6. The average Bonchev–Trinajstić information content (AvgIpc) is 3.41. The molecule has 1 fully saturated rings. The zero-order valence-corrected chi connectivity index (χ0v) is 25.9. The molecule has 1 aliphatic rings. The van der Waals surface area contributed by atoms with Crippen LogP contribution in [0.3, 0.4) is 0 Å². The third-order valence-electron chi connectivity index (χ3n) is 8.08. The Morgan fingerprint density at radius 1 is 1.11 bits per heavy atom. The lowest BCUT2D eigenvalue weighted by Crippen LogP contribution is -2.34. The van der Waals surface area contributed by atoms with Gasteiger partial charge in [0.1, 0.15) is 33.9 Å². The van der Waals surface area contributed by atoms with Gasteiger partial charge in [-0.05, 0) is 75.3 Å². The fourth-order valence-electron chi connectivity index (χ4n) is 5.84. The minimum atomic E-state index is -4.71. The third kappa shape index (κ3) is 6.47. The smallest absolute Gasteiger partial charge is 0.264 e. The number of nitriles is 1. The summed E-state index contributed by atoms with van der Waals surface area (Å²) in [6, 6.07) is 6.14. The monoisotopic (exact) mass is 641 g/mol. The highest BCUT2D eigenvalue weighted by molar-refractivity contribution is 7.92. The van der Waals surface area contributed by atoms with Crippen molar-refractivity contribution in [3.05, 3.63) is 65.1 Å². The van der Waals surface area contributed by atoms with Crippen LogP contribution in [0.15, 0.2) is 41.4 Å². The van der Waals surface area contributed by atoms with Crippen LogP contribution in [0.4, 0.5) is 24.7 Å². The Labute approximate surface area is 259 Å². The number of halogens is 3. The van der Waals surface area contributed by atoms with Gasteiger partial charge in [-0.25, -0.2) is 26.6 Å². The number of nitrogen functional groups attached to an aromatic ring is 1. The van der Waals surface area contributed by atoms with Crippen molar-refractivity contribution in [1.82, 2.24) is 20.1 Å². The number of methoxy groups -OCH3 is 1. The molecular weight excluding hydrogens is 607 g/mol. The normalized spacial score (nSPS) is 17.1. The maximum absolute atomic E-state index is 15.7. The molecule has 0 radical (unpaired) electrons. The quantitative estimate of drug-likeness (QED) is 0.189. The molecule has 0 saturated heterocycles. The van der Waals surface area contributed by atoms with E-state index in [4.69, 9.17) is 15.7 Å². The van der Waals surface area contributed by atoms with Gasteiger partial charge in [-0.3, -0.25) is 9.40 Å². The molecule has 4 aromatic rings. The van der Waals surface area contributed by atoms with Crippen molar-refractivity contribution in [2.24, 2.45) is 0 Å². The first-order valence-corrected chi connectivity index (χ1v) is 16.0. The van der Waals surface area contributed by atoms with Crippen LogP contribution < -0.4 is 15.8 Å². The topological polar surface area (TPSA) is 148 Å². The van der Waals surface area contributed by atoms with Crippen LogP contribution in [0, 0.1) is 28.8 Å². The van der Waals surface area contributed by atoms with E-state index in [2.05, 4.69) is 15.4 Å². The van der Waals surface area contributed by atoms with E-state index in [0.29, 0.717) is 29.6 Å². The molecule has 4 N–H and O–H groups in total. The van der Waals surface area contributed by atoms with Crippen molar-refractivity contribution in [3.8, 4) is 17.3 Å². The van der Waals surface area contributed by atoms with E-state index in [0.717, 1.165) is 62.1 Å². The van der Waals surface area contributed by atoms with E-state index in [-0.39, 0.29) is 34.6 Å². The molecule has 0 aliphatic heterocycles. The Morgan fingerprint density at radius 2 is 1.84 bits per heavy atom. The Kier molecular flexibility index (Phi) is 9.33. The number of nitrogens with one attached hydrogen (secondary N) is 2. The molecule has 238 valence electrons. The molecule has 1 aliphatic carbocycles. The number of anilines is 2. The van der Waals surface area contributed by atoms with Crippen molar-refractivity contribution >= 4 is 32.4 Å². The number of benzene rings is 2. The van der Waals surface area contributed by atoms with E-state index in [1.807, 2.05) is 18.6 Å². The summed E-state index contributed by atoms with van der Waals surface area (Å²) in [6.07, 6.45) is 5.41. The van der Waals surface area contributed by atoms with E-state index in [1.54, 1.807) is 24.1 Å². The van der Waals surface area contributed by atoms with Gasteiger partial charge < -0.3 is 15.8 Å². The summed E-state index contributed by atoms with van der Waals surface area (Å²) in [5, 5.41) is 17.6. The SMILES string of the molecule is COCCNC1CCC(c2cnc(N)c3c(-c4cc(F)c(NS(=O)(=O)c5cc(C#N)ccc5F)cc4F)nn(C(C)C)c23)CC1. The zero-order valence-electron chi connectivity index (χ0n) is 25.1. The van der Waals surface area contributed by atoms with Crippen LogP contribution in [0.5, 0.6) is 0 Å². The number of ether oxygens (including phenoxy) is 1. The number of hydrogen-bond acceptors (Lipinski definition) is 8. The summed E-state index contributed by atoms with van der Waals surface area (Å²) in [5.41, 5.74) is 6.93. The highest BCUT2D eigenvalue weighted by Gasteiger charge is 2.30. The fraction of sp³-hybridized carbons (Fsp3) is 0.387.